The van der Waals surface area contributed by atoms with Gasteiger partial charge in [0.05, 0.1) is 17.2 Å². The second-order valence-corrected chi connectivity index (χ2v) is 6.14. The highest BCUT2D eigenvalue weighted by Crippen LogP contribution is 2.21. The first-order chi connectivity index (χ1) is 7.39. The van der Waals surface area contributed by atoms with E-state index in [0.717, 1.165) is 5.56 Å². The number of aromatic nitrogens is 2. The van der Waals surface area contributed by atoms with Crippen LogP contribution in [0.5, 0.6) is 0 Å². The van der Waals surface area contributed by atoms with Gasteiger partial charge in [-0.05, 0) is 18.9 Å². The molecule has 0 N–H and O–H groups in total. The van der Waals surface area contributed by atoms with Crippen molar-refractivity contribution in [3.63, 3.8) is 0 Å². The molecule has 1 aliphatic heterocycles. The van der Waals surface area contributed by atoms with E-state index >= 15 is 0 Å². The second-order valence-electron chi connectivity index (χ2n) is 3.96. The molecule has 1 aromatic rings. The van der Waals surface area contributed by atoms with Crippen molar-refractivity contribution in [3.8, 4) is 0 Å². The molecule has 0 aliphatic carbocycles. The number of hydrogen-bond acceptors (Lipinski definition) is 5. The van der Waals surface area contributed by atoms with Crippen molar-refractivity contribution in [2.24, 2.45) is 0 Å². The van der Waals surface area contributed by atoms with Gasteiger partial charge in [-0.15, -0.1) is 0 Å². The number of fused-ring (bicyclic) bond motifs is 1. The molecule has 0 atom stereocenters. The summed E-state index contributed by atoms with van der Waals surface area (Å²) in [7, 11) is -3.06. The molecule has 5 nitrogen and oxygen atoms in total. The van der Waals surface area contributed by atoms with Crippen molar-refractivity contribution >= 4 is 15.6 Å². The molecule has 6 heteroatoms. The third-order valence-corrected chi connectivity index (χ3v) is 4.17. The predicted octanol–water partition coefficient (Wildman–Crippen LogP) is 0.459. The average molecular weight is 240 g/mol. The van der Waals surface area contributed by atoms with Crippen LogP contribution < -0.4 is 0 Å². The summed E-state index contributed by atoms with van der Waals surface area (Å²) in [5.41, 5.74) is 2.08. The Bertz CT molecular complexity index is 564. The lowest BCUT2D eigenvalue weighted by Crippen LogP contribution is -2.23. The number of sulfone groups is 1. The molecule has 0 bridgehead atoms. The fourth-order valence-corrected chi connectivity index (χ4v) is 3.11. The Morgan fingerprint density at radius 3 is 2.62 bits per heavy atom. The van der Waals surface area contributed by atoms with Crippen molar-refractivity contribution in [2.75, 3.05) is 5.75 Å². The molecule has 16 heavy (non-hydrogen) atoms. The molecule has 0 fully saturated rings. The molecule has 1 aromatic heterocycles. The molecule has 2 rings (SSSR count). The lowest BCUT2D eigenvalue weighted by molar-refractivity contribution is 0.100. The van der Waals surface area contributed by atoms with Gasteiger partial charge < -0.3 is 0 Å². The maximum absolute atomic E-state index is 11.5. The summed E-state index contributed by atoms with van der Waals surface area (Å²) in [6.07, 6.45) is 0.446. The maximum Gasteiger partial charge on any atom is 0.196 e. The zero-order valence-electron chi connectivity index (χ0n) is 9.15. The van der Waals surface area contributed by atoms with E-state index in [2.05, 4.69) is 9.97 Å². The standard InChI is InChI=1S/C10H12N2O3S/c1-6-8-3-4-16(14,15)5-9(8)12-10(11-6)7(2)13/h3-5H2,1-2H3. The lowest BCUT2D eigenvalue weighted by Gasteiger charge is -2.17. The molecule has 2 heterocycles. The second kappa shape index (κ2) is 3.62. The molecule has 0 aromatic carbocycles. The van der Waals surface area contributed by atoms with E-state index in [1.54, 1.807) is 6.92 Å². The minimum Gasteiger partial charge on any atom is -0.291 e. The number of aryl methyl sites for hydroxylation is 1. The smallest absolute Gasteiger partial charge is 0.196 e. The number of Topliss-reactive ketones (excluding diaryl/α,β-unsaturated/α-hetero) is 1. The average Bonchev–Trinajstić information content (AvgIpc) is 2.14. The van der Waals surface area contributed by atoms with E-state index in [1.807, 2.05) is 0 Å². The molecule has 86 valence electrons. The van der Waals surface area contributed by atoms with Crippen LogP contribution in [0.4, 0.5) is 0 Å². The van der Waals surface area contributed by atoms with Crippen LogP contribution in [0, 0.1) is 6.92 Å². The third-order valence-electron chi connectivity index (χ3n) is 2.63. The fourth-order valence-electron chi connectivity index (χ4n) is 1.80. The molecule has 0 amide bonds. The van der Waals surface area contributed by atoms with Crippen LogP contribution in [-0.4, -0.2) is 29.9 Å². The van der Waals surface area contributed by atoms with Crippen LogP contribution >= 0.6 is 0 Å². The molecule has 0 saturated carbocycles. The van der Waals surface area contributed by atoms with Crippen LogP contribution in [0.3, 0.4) is 0 Å². The Kier molecular flexibility index (Phi) is 2.53. The third kappa shape index (κ3) is 1.97. The number of ketones is 1. The first kappa shape index (κ1) is 11.2. The number of hydrogen-bond donors (Lipinski definition) is 0. The molecule has 1 aliphatic rings. The van der Waals surface area contributed by atoms with Gasteiger partial charge in [0.1, 0.15) is 0 Å². The fraction of sp³-hybridized carbons (Fsp3) is 0.500. The highest BCUT2D eigenvalue weighted by Gasteiger charge is 2.25. The number of rotatable bonds is 1. The normalized spacial score (nSPS) is 17.9. The van der Waals surface area contributed by atoms with E-state index in [0.29, 0.717) is 17.8 Å². The van der Waals surface area contributed by atoms with Gasteiger partial charge in [-0.25, -0.2) is 18.4 Å². The molecular formula is C10H12N2O3S. The van der Waals surface area contributed by atoms with Gasteiger partial charge in [0.2, 0.25) is 0 Å². The molecule has 0 saturated heterocycles. The Hall–Kier alpha value is -1.30. The molecule has 0 spiro atoms. The van der Waals surface area contributed by atoms with Crippen LogP contribution in [0.25, 0.3) is 0 Å². The minimum atomic E-state index is -3.06. The maximum atomic E-state index is 11.5. The summed E-state index contributed by atoms with van der Waals surface area (Å²) < 4.78 is 22.9. The topological polar surface area (TPSA) is 77.0 Å². The van der Waals surface area contributed by atoms with Crippen LogP contribution in [0.1, 0.15) is 34.5 Å². The highest BCUT2D eigenvalue weighted by atomic mass is 32.2. The van der Waals surface area contributed by atoms with Crippen LogP contribution in [-0.2, 0) is 22.0 Å². The zero-order valence-corrected chi connectivity index (χ0v) is 9.97. The minimum absolute atomic E-state index is 0.0774. The van der Waals surface area contributed by atoms with E-state index < -0.39 is 9.84 Å². The predicted molar refractivity (Wildman–Crippen MR) is 58.0 cm³/mol. The number of nitrogens with zero attached hydrogens (tertiary/aromatic N) is 2. The van der Waals surface area contributed by atoms with Gasteiger partial charge in [0.25, 0.3) is 0 Å². The first-order valence-corrected chi connectivity index (χ1v) is 6.79. The van der Waals surface area contributed by atoms with E-state index in [-0.39, 0.29) is 23.1 Å². The van der Waals surface area contributed by atoms with Crippen molar-refractivity contribution in [3.05, 3.63) is 22.8 Å². The molecule has 0 unspecified atom stereocenters. The Morgan fingerprint density at radius 2 is 2.00 bits per heavy atom. The van der Waals surface area contributed by atoms with Gasteiger partial charge >= 0.3 is 0 Å². The quantitative estimate of drug-likeness (QED) is 0.666. The largest absolute Gasteiger partial charge is 0.291 e. The van der Waals surface area contributed by atoms with Gasteiger partial charge in [0, 0.05) is 12.6 Å². The number of carbonyl (C=O) groups excluding carboxylic acids is 1. The molecule has 0 radical (unpaired) electrons. The van der Waals surface area contributed by atoms with Crippen LogP contribution in [0.15, 0.2) is 0 Å². The first-order valence-electron chi connectivity index (χ1n) is 4.97. The zero-order chi connectivity index (χ0) is 11.9. The van der Waals surface area contributed by atoms with Gasteiger partial charge in [-0.3, -0.25) is 4.79 Å². The number of carbonyl (C=O) groups is 1. The summed E-state index contributed by atoms with van der Waals surface area (Å²) >= 11 is 0. The summed E-state index contributed by atoms with van der Waals surface area (Å²) in [6, 6.07) is 0. The van der Waals surface area contributed by atoms with Crippen molar-refractivity contribution in [2.45, 2.75) is 26.0 Å². The summed E-state index contributed by atoms with van der Waals surface area (Å²) in [5, 5.41) is 0. The van der Waals surface area contributed by atoms with Crippen LogP contribution in [0.2, 0.25) is 0 Å². The van der Waals surface area contributed by atoms with E-state index in [1.165, 1.54) is 6.92 Å². The van der Waals surface area contributed by atoms with E-state index in [4.69, 9.17) is 0 Å². The lowest BCUT2D eigenvalue weighted by atomic mass is 10.1. The van der Waals surface area contributed by atoms with Gasteiger partial charge in [-0.2, -0.15) is 0 Å². The van der Waals surface area contributed by atoms with E-state index in [9.17, 15) is 13.2 Å². The van der Waals surface area contributed by atoms with Crippen molar-refractivity contribution in [1.82, 2.24) is 9.97 Å². The summed E-state index contributed by atoms with van der Waals surface area (Å²) in [6.45, 7) is 3.16. The Labute approximate surface area is 93.8 Å². The summed E-state index contributed by atoms with van der Waals surface area (Å²) in [4.78, 5) is 19.3. The van der Waals surface area contributed by atoms with Gasteiger partial charge in [-0.1, -0.05) is 0 Å². The van der Waals surface area contributed by atoms with Gasteiger partial charge in [0.15, 0.2) is 21.4 Å². The monoisotopic (exact) mass is 240 g/mol. The SMILES string of the molecule is CC(=O)c1nc(C)c2c(n1)CS(=O)(=O)CC2. The molecular weight excluding hydrogens is 228 g/mol. The van der Waals surface area contributed by atoms with Crippen molar-refractivity contribution < 1.29 is 13.2 Å². The highest BCUT2D eigenvalue weighted by molar-refractivity contribution is 7.90. The van der Waals surface area contributed by atoms with Crippen molar-refractivity contribution in [1.29, 1.82) is 0 Å². The summed E-state index contributed by atoms with van der Waals surface area (Å²) in [5.74, 6) is -0.0718. The Balaban J connectivity index is 2.58. The Morgan fingerprint density at radius 1 is 1.31 bits per heavy atom.